The van der Waals surface area contributed by atoms with Gasteiger partial charge in [-0.15, -0.1) is 0 Å². The van der Waals surface area contributed by atoms with Crippen molar-refractivity contribution in [2.45, 2.75) is 296 Å². The summed E-state index contributed by atoms with van der Waals surface area (Å²) in [6.45, 7) is 2.91. The monoisotopic (exact) mass is 749 g/mol. The fraction of sp³-hybridized carbons (Fsp3) is 0.959. The maximum absolute atomic E-state index is 12.0. The summed E-state index contributed by atoms with van der Waals surface area (Å²) in [5.41, 5.74) is 0. The van der Waals surface area contributed by atoms with Crippen molar-refractivity contribution in [3.05, 3.63) is 0 Å². The van der Waals surface area contributed by atoms with Gasteiger partial charge < -0.3 is 9.84 Å². The van der Waals surface area contributed by atoms with E-state index in [9.17, 15) is 9.59 Å². The van der Waals surface area contributed by atoms with Crippen molar-refractivity contribution in [2.24, 2.45) is 0 Å². The van der Waals surface area contributed by atoms with Crippen LogP contribution in [-0.4, -0.2) is 23.7 Å². The summed E-state index contributed by atoms with van der Waals surface area (Å²) in [6.07, 6.45) is 59.0. The van der Waals surface area contributed by atoms with Crippen molar-refractivity contribution in [3.8, 4) is 0 Å². The number of ether oxygens (including phenoxy) is 1. The molecule has 0 fully saturated rings. The lowest BCUT2D eigenvalue weighted by Crippen LogP contribution is -2.05. The maximum Gasteiger partial charge on any atom is 0.305 e. The molecule has 1 N–H and O–H groups in total. The summed E-state index contributed by atoms with van der Waals surface area (Å²) in [5, 5.41) is 8.66. The van der Waals surface area contributed by atoms with Crippen molar-refractivity contribution < 1.29 is 19.4 Å². The molecule has 0 saturated heterocycles. The van der Waals surface area contributed by atoms with Gasteiger partial charge in [-0.05, 0) is 19.3 Å². The molecule has 316 valence electrons. The highest BCUT2D eigenvalue weighted by molar-refractivity contribution is 5.69. The van der Waals surface area contributed by atoms with E-state index in [0.29, 0.717) is 19.4 Å². The maximum atomic E-state index is 12.0. The van der Waals surface area contributed by atoms with E-state index in [2.05, 4.69) is 6.92 Å². The average Bonchev–Trinajstić information content (AvgIpc) is 3.15. The molecule has 0 bridgehead atoms. The lowest BCUT2D eigenvalue weighted by atomic mass is 10.0. The normalized spacial score (nSPS) is 11.4. The molecular formula is C49H96O4. The van der Waals surface area contributed by atoms with Crippen molar-refractivity contribution >= 4 is 11.9 Å². The van der Waals surface area contributed by atoms with Gasteiger partial charge in [0.2, 0.25) is 0 Å². The number of rotatable bonds is 47. The fourth-order valence-corrected chi connectivity index (χ4v) is 7.87. The van der Waals surface area contributed by atoms with E-state index in [1.54, 1.807) is 0 Å². The van der Waals surface area contributed by atoms with Crippen LogP contribution in [0.4, 0.5) is 0 Å². The van der Waals surface area contributed by atoms with Crippen LogP contribution >= 0.6 is 0 Å². The van der Waals surface area contributed by atoms with Crippen molar-refractivity contribution in [1.82, 2.24) is 0 Å². The zero-order valence-electron chi connectivity index (χ0n) is 36.2. The van der Waals surface area contributed by atoms with Gasteiger partial charge in [0.05, 0.1) is 6.61 Å². The number of hydrogen-bond donors (Lipinski definition) is 1. The van der Waals surface area contributed by atoms with Crippen molar-refractivity contribution in [3.63, 3.8) is 0 Å². The van der Waals surface area contributed by atoms with Gasteiger partial charge in [0.25, 0.3) is 0 Å². The number of aliphatic carboxylic acids is 1. The number of carbonyl (C=O) groups excluding carboxylic acids is 1. The van der Waals surface area contributed by atoms with Crippen LogP contribution in [0.5, 0.6) is 0 Å². The highest BCUT2D eigenvalue weighted by Crippen LogP contribution is 2.17. The first-order valence-electron chi connectivity index (χ1n) is 24.5. The minimum atomic E-state index is -0.651. The van der Waals surface area contributed by atoms with E-state index in [-0.39, 0.29) is 5.97 Å². The Bertz CT molecular complexity index is 707. The average molecular weight is 749 g/mol. The van der Waals surface area contributed by atoms with E-state index in [1.807, 2.05) is 0 Å². The first-order valence-corrected chi connectivity index (χ1v) is 24.5. The Morgan fingerprint density at radius 1 is 0.302 bits per heavy atom. The summed E-state index contributed by atoms with van der Waals surface area (Å²) >= 11 is 0. The largest absolute Gasteiger partial charge is 0.481 e. The van der Waals surface area contributed by atoms with Gasteiger partial charge in [-0.25, -0.2) is 0 Å². The molecule has 0 heterocycles. The molecular weight excluding hydrogens is 653 g/mol. The summed E-state index contributed by atoms with van der Waals surface area (Å²) in [4.78, 5) is 22.5. The second-order valence-corrected chi connectivity index (χ2v) is 17.0. The van der Waals surface area contributed by atoms with Gasteiger partial charge in [0.1, 0.15) is 0 Å². The van der Waals surface area contributed by atoms with Crippen molar-refractivity contribution in [2.75, 3.05) is 6.61 Å². The minimum absolute atomic E-state index is 0.0230. The Hall–Kier alpha value is -1.06. The Labute approximate surface area is 332 Å². The summed E-state index contributed by atoms with van der Waals surface area (Å²) in [5.74, 6) is -0.628. The van der Waals surface area contributed by atoms with Crippen LogP contribution < -0.4 is 0 Å². The number of esters is 1. The molecule has 0 aliphatic carbocycles. The van der Waals surface area contributed by atoms with Crippen LogP contribution in [0, 0.1) is 0 Å². The van der Waals surface area contributed by atoms with E-state index < -0.39 is 5.97 Å². The molecule has 0 aromatic carbocycles. The molecule has 0 aromatic heterocycles. The van der Waals surface area contributed by atoms with Gasteiger partial charge in [0, 0.05) is 12.8 Å². The third-order valence-corrected chi connectivity index (χ3v) is 11.5. The summed E-state index contributed by atoms with van der Waals surface area (Å²) in [7, 11) is 0. The third kappa shape index (κ3) is 48.9. The SMILES string of the molecule is CCCCCCCCCCCCCC(=O)OCCCCCCCCCCCCCCCCCCCCCCCCCCCCCCCCCCC(=O)O. The van der Waals surface area contributed by atoms with Crippen LogP contribution in [0.25, 0.3) is 0 Å². The topological polar surface area (TPSA) is 63.6 Å². The van der Waals surface area contributed by atoms with E-state index in [1.165, 1.54) is 250 Å². The van der Waals surface area contributed by atoms with Gasteiger partial charge in [-0.2, -0.15) is 0 Å². The van der Waals surface area contributed by atoms with E-state index in [0.717, 1.165) is 25.7 Å². The van der Waals surface area contributed by atoms with Gasteiger partial charge in [0.15, 0.2) is 0 Å². The van der Waals surface area contributed by atoms with Crippen LogP contribution in [0.2, 0.25) is 0 Å². The predicted octanol–water partition coefficient (Wildman–Crippen LogP) is 17.2. The predicted molar refractivity (Wildman–Crippen MR) is 232 cm³/mol. The molecule has 0 saturated carbocycles. The van der Waals surface area contributed by atoms with Crippen LogP contribution in [0.3, 0.4) is 0 Å². The zero-order valence-corrected chi connectivity index (χ0v) is 36.2. The minimum Gasteiger partial charge on any atom is -0.481 e. The molecule has 53 heavy (non-hydrogen) atoms. The Morgan fingerprint density at radius 3 is 0.755 bits per heavy atom. The number of carboxylic acid groups (broad SMARTS) is 1. The van der Waals surface area contributed by atoms with E-state index in [4.69, 9.17) is 9.84 Å². The van der Waals surface area contributed by atoms with Gasteiger partial charge >= 0.3 is 11.9 Å². The number of hydrogen-bond acceptors (Lipinski definition) is 3. The smallest absolute Gasteiger partial charge is 0.305 e. The third-order valence-electron chi connectivity index (χ3n) is 11.5. The Morgan fingerprint density at radius 2 is 0.509 bits per heavy atom. The van der Waals surface area contributed by atoms with E-state index >= 15 is 0 Å². The highest BCUT2D eigenvalue weighted by Gasteiger charge is 2.03. The molecule has 0 radical (unpaired) electrons. The lowest BCUT2D eigenvalue weighted by Gasteiger charge is -2.06. The molecule has 4 heteroatoms. The fourth-order valence-electron chi connectivity index (χ4n) is 7.87. The Kier molecular flexibility index (Phi) is 46.2. The molecule has 4 nitrogen and oxygen atoms in total. The molecule has 0 aliphatic heterocycles. The summed E-state index contributed by atoms with van der Waals surface area (Å²) < 4.78 is 5.46. The van der Waals surface area contributed by atoms with Gasteiger partial charge in [-0.3, -0.25) is 9.59 Å². The molecule has 0 amide bonds. The van der Waals surface area contributed by atoms with Crippen LogP contribution in [0.1, 0.15) is 296 Å². The first kappa shape index (κ1) is 51.9. The van der Waals surface area contributed by atoms with Crippen molar-refractivity contribution in [1.29, 1.82) is 0 Å². The zero-order chi connectivity index (χ0) is 38.4. The Balaban J connectivity index is 3.12. The molecule has 0 spiro atoms. The number of unbranched alkanes of at least 4 members (excludes halogenated alkanes) is 41. The number of carboxylic acids is 1. The summed E-state index contributed by atoms with van der Waals surface area (Å²) in [6, 6.07) is 0. The van der Waals surface area contributed by atoms with Crippen LogP contribution in [0.15, 0.2) is 0 Å². The molecule has 0 unspecified atom stereocenters. The van der Waals surface area contributed by atoms with Gasteiger partial charge in [-0.1, -0.05) is 264 Å². The second-order valence-electron chi connectivity index (χ2n) is 17.0. The number of carbonyl (C=O) groups is 2. The molecule has 0 aromatic rings. The molecule has 0 aliphatic rings. The quantitative estimate of drug-likeness (QED) is 0.0497. The van der Waals surface area contributed by atoms with Crippen LogP contribution in [-0.2, 0) is 14.3 Å². The first-order chi connectivity index (χ1) is 26.2. The molecule has 0 atom stereocenters. The highest BCUT2D eigenvalue weighted by atomic mass is 16.5. The lowest BCUT2D eigenvalue weighted by molar-refractivity contribution is -0.144. The standard InChI is InChI=1S/C49H96O4/c1-2-3-4-5-6-7-30-34-37-40-43-46-49(52)53-47-44-41-38-35-32-29-27-25-23-21-19-17-15-13-11-9-8-10-12-14-16-18-20-22-24-26-28-31-33-36-39-42-45-48(50)51/h2-47H2,1H3,(H,50,51). The second kappa shape index (κ2) is 47.1. The molecule has 0 rings (SSSR count).